The number of nitrogens with zero attached hydrogens (tertiary/aromatic N) is 2. The molecule has 1 saturated carbocycles. The van der Waals surface area contributed by atoms with Gasteiger partial charge in [0.1, 0.15) is 0 Å². The molecule has 1 aliphatic carbocycles. The first-order valence-corrected chi connectivity index (χ1v) is 6.98. The van der Waals surface area contributed by atoms with Crippen LogP contribution in [0, 0.1) is 5.92 Å². The fourth-order valence-electron chi connectivity index (χ4n) is 2.24. The summed E-state index contributed by atoms with van der Waals surface area (Å²) in [7, 11) is 0. The molecule has 5 nitrogen and oxygen atoms in total. The Bertz CT molecular complexity index is 307. The van der Waals surface area contributed by atoms with Crippen molar-refractivity contribution >= 4 is 11.8 Å². The lowest BCUT2D eigenvalue weighted by atomic mass is 10.2. The summed E-state index contributed by atoms with van der Waals surface area (Å²) in [5.41, 5.74) is 0. The van der Waals surface area contributed by atoms with Gasteiger partial charge in [-0.2, -0.15) is 0 Å². The maximum atomic E-state index is 11.9. The molecular formula is C13H23N3O2. The van der Waals surface area contributed by atoms with Gasteiger partial charge in [0.15, 0.2) is 0 Å². The minimum Gasteiger partial charge on any atom is -0.355 e. The second kappa shape index (κ2) is 6.18. The summed E-state index contributed by atoms with van der Waals surface area (Å²) in [5, 5.41) is 2.88. The molecule has 0 aromatic rings. The van der Waals surface area contributed by atoms with Gasteiger partial charge in [-0.05, 0) is 19.3 Å². The van der Waals surface area contributed by atoms with E-state index in [-0.39, 0.29) is 5.91 Å². The van der Waals surface area contributed by atoms with E-state index in [0.717, 1.165) is 52.0 Å². The minimum atomic E-state index is 0.0961. The quantitative estimate of drug-likeness (QED) is 0.754. The zero-order chi connectivity index (χ0) is 13.0. The van der Waals surface area contributed by atoms with Crippen molar-refractivity contribution < 1.29 is 9.59 Å². The van der Waals surface area contributed by atoms with Gasteiger partial charge >= 0.3 is 0 Å². The molecule has 1 N–H and O–H groups in total. The number of carbonyl (C=O) groups excluding carboxylic acids is 2. The fourth-order valence-corrected chi connectivity index (χ4v) is 2.24. The third kappa shape index (κ3) is 3.70. The number of carbonyl (C=O) groups is 2. The van der Waals surface area contributed by atoms with Crippen LogP contribution < -0.4 is 5.32 Å². The zero-order valence-electron chi connectivity index (χ0n) is 11.2. The number of hydrogen-bond donors (Lipinski definition) is 1. The monoisotopic (exact) mass is 253 g/mol. The van der Waals surface area contributed by atoms with Gasteiger partial charge < -0.3 is 10.2 Å². The lowest BCUT2D eigenvalue weighted by Crippen LogP contribution is -2.51. The highest BCUT2D eigenvalue weighted by Gasteiger charge is 2.34. The molecule has 2 rings (SSSR count). The topological polar surface area (TPSA) is 52.7 Å². The molecule has 18 heavy (non-hydrogen) atoms. The van der Waals surface area contributed by atoms with Crippen LogP contribution in [-0.2, 0) is 9.59 Å². The summed E-state index contributed by atoms with van der Waals surface area (Å²) >= 11 is 0. The van der Waals surface area contributed by atoms with Crippen molar-refractivity contribution in [2.24, 2.45) is 5.92 Å². The van der Waals surface area contributed by atoms with Crippen LogP contribution in [0.4, 0.5) is 0 Å². The van der Waals surface area contributed by atoms with Crippen LogP contribution in [0.15, 0.2) is 0 Å². The van der Waals surface area contributed by atoms with E-state index in [1.165, 1.54) is 0 Å². The summed E-state index contributed by atoms with van der Waals surface area (Å²) in [6.45, 7) is 6.44. The molecule has 0 bridgehead atoms. The van der Waals surface area contributed by atoms with Crippen LogP contribution in [0.3, 0.4) is 0 Å². The molecule has 1 heterocycles. The van der Waals surface area contributed by atoms with E-state index in [4.69, 9.17) is 0 Å². The predicted octanol–water partition coefficient (Wildman–Crippen LogP) is 0.0668. The Labute approximate surface area is 108 Å². The van der Waals surface area contributed by atoms with E-state index in [0.29, 0.717) is 18.4 Å². The van der Waals surface area contributed by atoms with Crippen molar-refractivity contribution in [3.8, 4) is 0 Å². The van der Waals surface area contributed by atoms with Crippen molar-refractivity contribution in [1.29, 1.82) is 0 Å². The zero-order valence-corrected chi connectivity index (χ0v) is 11.2. The van der Waals surface area contributed by atoms with Gasteiger partial charge in [0.05, 0.1) is 6.54 Å². The summed E-state index contributed by atoms with van der Waals surface area (Å²) in [5.74, 6) is 0.730. The Balaban J connectivity index is 1.66. The lowest BCUT2D eigenvalue weighted by molar-refractivity contribution is -0.134. The van der Waals surface area contributed by atoms with E-state index in [2.05, 4.69) is 10.2 Å². The first kappa shape index (κ1) is 13.3. The van der Waals surface area contributed by atoms with Crippen LogP contribution in [0.2, 0.25) is 0 Å². The molecule has 0 unspecified atom stereocenters. The molecule has 102 valence electrons. The van der Waals surface area contributed by atoms with Crippen molar-refractivity contribution in [3.05, 3.63) is 0 Å². The van der Waals surface area contributed by atoms with Crippen molar-refractivity contribution in [2.45, 2.75) is 26.2 Å². The van der Waals surface area contributed by atoms with Crippen LogP contribution in [0.5, 0.6) is 0 Å². The van der Waals surface area contributed by atoms with E-state index >= 15 is 0 Å². The smallest absolute Gasteiger partial charge is 0.234 e. The number of amides is 2. The number of hydrogen-bond acceptors (Lipinski definition) is 3. The molecule has 1 saturated heterocycles. The molecule has 2 aliphatic rings. The predicted molar refractivity (Wildman–Crippen MR) is 69.0 cm³/mol. The highest BCUT2D eigenvalue weighted by molar-refractivity contribution is 5.81. The fraction of sp³-hybridized carbons (Fsp3) is 0.846. The minimum absolute atomic E-state index is 0.0961. The van der Waals surface area contributed by atoms with E-state index < -0.39 is 0 Å². The van der Waals surface area contributed by atoms with Gasteiger partial charge in [-0.15, -0.1) is 0 Å². The number of piperazine rings is 1. The number of rotatable bonds is 5. The molecule has 1 aliphatic heterocycles. The summed E-state index contributed by atoms with van der Waals surface area (Å²) in [6.07, 6.45) is 3.10. The van der Waals surface area contributed by atoms with Crippen LogP contribution in [0.25, 0.3) is 0 Å². The summed E-state index contributed by atoms with van der Waals surface area (Å²) < 4.78 is 0. The Morgan fingerprint density at radius 3 is 2.39 bits per heavy atom. The standard InChI is InChI=1S/C13H23N3O2/c1-2-5-14-12(17)10-15-6-8-16(9-7-15)13(18)11-3-4-11/h11H,2-10H2,1H3,(H,14,17). The van der Waals surface area contributed by atoms with Crippen LogP contribution in [0.1, 0.15) is 26.2 Å². The SMILES string of the molecule is CCCNC(=O)CN1CCN(C(=O)C2CC2)CC1. The second-order valence-electron chi connectivity index (χ2n) is 5.23. The third-order valence-corrected chi connectivity index (χ3v) is 3.55. The van der Waals surface area contributed by atoms with Gasteiger partial charge in [0.2, 0.25) is 11.8 Å². The Hall–Kier alpha value is -1.10. The van der Waals surface area contributed by atoms with Crippen LogP contribution in [-0.4, -0.2) is 60.9 Å². The average Bonchev–Trinajstić information content (AvgIpc) is 3.21. The summed E-state index contributed by atoms with van der Waals surface area (Å²) in [4.78, 5) is 27.5. The second-order valence-corrected chi connectivity index (χ2v) is 5.23. The maximum absolute atomic E-state index is 11.9. The molecular weight excluding hydrogens is 230 g/mol. The van der Waals surface area contributed by atoms with Gasteiger partial charge in [0, 0.05) is 38.6 Å². The Morgan fingerprint density at radius 2 is 1.83 bits per heavy atom. The normalized spacial score (nSPS) is 20.8. The first-order chi connectivity index (χ1) is 8.70. The molecule has 0 radical (unpaired) electrons. The van der Waals surface area contributed by atoms with Gasteiger partial charge in [-0.1, -0.05) is 6.92 Å². The average molecular weight is 253 g/mol. The Kier molecular flexibility index (Phi) is 4.58. The molecule has 2 fully saturated rings. The first-order valence-electron chi connectivity index (χ1n) is 6.98. The molecule has 0 atom stereocenters. The lowest BCUT2D eigenvalue weighted by Gasteiger charge is -2.34. The summed E-state index contributed by atoms with van der Waals surface area (Å²) in [6, 6.07) is 0. The van der Waals surface area contributed by atoms with Gasteiger partial charge in [-0.25, -0.2) is 0 Å². The molecule has 5 heteroatoms. The molecule has 0 aromatic heterocycles. The van der Waals surface area contributed by atoms with Gasteiger partial charge in [0.25, 0.3) is 0 Å². The molecule has 2 amide bonds. The molecule has 0 spiro atoms. The van der Waals surface area contributed by atoms with E-state index in [1.807, 2.05) is 11.8 Å². The van der Waals surface area contributed by atoms with Crippen LogP contribution >= 0.6 is 0 Å². The van der Waals surface area contributed by atoms with E-state index in [9.17, 15) is 9.59 Å². The molecule has 0 aromatic carbocycles. The van der Waals surface area contributed by atoms with E-state index in [1.54, 1.807) is 0 Å². The van der Waals surface area contributed by atoms with Crippen molar-refractivity contribution in [3.63, 3.8) is 0 Å². The highest BCUT2D eigenvalue weighted by Crippen LogP contribution is 2.31. The van der Waals surface area contributed by atoms with Crippen molar-refractivity contribution in [2.75, 3.05) is 39.3 Å². The highest BCUT2D eigenvalue weighted by atomic mass is 16.2. The van der Waals surface area contributed by atoms with Crippen molar-refractivity contribution in [1.82, 2.24) is 15.1 Å². The third-order valence-electron chi connectivity index (χ3n) is 3.55. The largest absolute Gasteiger partial charge is 0.355 e. The number of nitrogens with one attached hydrogen (secondary N) is 1. The maximum Gasteiger partial charge on any atom is 0.234 e. The van der Waals surface area contributed by atoms with Gasteiger partial charge in [-0.3, -0.25) is 14.5 Å². The Morgan fingerprint density at radius 1 is 1.17 bits per heavy atom.